The highest BCUT2D eigenvalue weighted by Gasteiger charge is 2.03. The van der Waals surface area contributed by atoms with E-state index in [1.54, 1.807) is 0 Å². The van der Waals surface area contributed by atoms with Crippen molar-refractivity contribution in [1.82, 2.24) is 10.6 Å². The Bertz CT molecular complexity index is 1130. The Morgan fingerprint density at radius 1 is 0.300 bits per heavy atom. The zero-order valence-electron chi connectivity index (χ0n) is 35.1. The van der Waals surface area contributed by atoms with Gasteiger partial charge in [0.25, 0.3) is 0 Å². The minimum absolute atomic E-state index is 0.232. The number of hydrogen-bond donors (Lipinski definition) is 2. The summed E-state index contributed by atoms with van der Waals surface area (Å²) in [5, 5.41) is 5.28. The van der Waals surface area contributed by atoms with Gasteiger partial charge in [0.1, 0.15) is 13.2 Å². The molecular formula is C42H68N2O16. The van der Waals surface area contributed by atoms with Crippen molar-refractivity contribution >= 4 is 12.2 Å². The lowest BCUT2D eigenvalue weighted by Crippen LogP contribution is -2.28. The Hall–Kier alpha value is -3.50. The van der Waals surface area contributed by atoms with Crippen molar-refractivity contribution < 1.29 is 75.9 Å². The third kappa shape index (κ3) is 36.4. The molecule has 2 aromatic carbocycles. The van der Waals surface area contributed by atoms with Gasteiger partial charge in [-0.3, -0.25) is 0 Å². The number of nitrogens with one attached hydrogen (secondary N) is 2. The van der Waals surface area contributed by atoms with Crippen LogP contribution in [0.3, 0.4) is 0 Å². The molecule has 0 heterocycles. The largest absolute Gasteiger partial charge is 0.445 e. The average molecular weight is 857 g/mol. The number of hydrogen-bond acceptors (Lipinski definition) is 16. The molecular weight excluding hydrogens is 788 g/mol. The average Bonchev–Trinajstić information content (AvgIpc) is 3.27. The van der Waals surface area contributed by atoms with Gasteiger partial charge in [-0.1, -0.05) is 60.7 Å². The van der Waals surface area contributed by atoms with E-state index in [9.17, 15) is 9.59 Å². The van der Waals surface area contributed by atoms with Crippen molar-refractivity contribution in [2.75, 3.05) is 172 Å². The standard InChI is InChI=1S/C42H68N2O16/c45-41(59-37-39-7-3-1-4-8-39)43-11-13-47-15-17-49-19-21-51-23-25-53-27-29-55-31-33-57-35-36-58-34-32-56-30-28-54-26-24-52-22-20-50-18-16-48-14-12-44-42(46)60-38-40-9-5-2-6-10-40/h1-10H,11-38H2,(H,43,45)(H,44,46). The summed E-state index contributed by atoms with van der Waals surface area (Å²) in [6.45, 7) is 12.2. The van der Waals surface area contributed by atoms with Crippen molar-refractivity contribution in [3.8, 4) is 0 Å². The van der Waals surface area contributed by atoms with E-state index >= 15 is 0 Å². The molecule has 2 aromatic rings. The van der Waals surface area contributed by atoms with Gasteiger partial charge in [-0.25, -0.2) is 9.59 Å². The number of amides is 2. The molecule has 60 heavy (non-hydrogen) atoms. The molecule has 0 spiro atoms. The molecule has 0 aliphatic heterocycles. The highest BCUT2D eigenvalue weighted by molar-refractivity contribution is 5.67. The summed E-state index contributed by atoms with van der Waals surface area (Å²) >= 11 is 0. The molecule has 0 aliphatic rings. The molecule has 0 unspecified atom stereocenters. The summed E-state index contributed by atoms with van der Waals surface area (Å²) in [6, 6.07) is 19.0. The summed E-state index contributed by atoms with van der Waals surface area (Å²) in [5.74, 6) is 0. The number of carbonyl (C=O) groups excluding carboxylic acids is 2. The zero-order valence-corrected chi connectivity index (χ0v) is 35.1. The maximum Gasteiger partial charge on any atom is 0.407 e. The zero-order chi connectivity index (χ0) is 42.5. The van der Waals surface area contributed by atoms with E-state index in [4.69, 9.17) is 66.3 Å². The summed E-state index contributed by atoms with van der Waals surface area (Å²) in [4.78, 5) is 23.3. The van der Waals surface area contributed by atoms with Crippen LogP contribution in [0.25, 0.3) is 0 Å². The van der Waals surface area contributed by atoms with Crippen LogP contribution in [0.1, 0.15) is 11.1 Å². The lowest BCUT2D eigenvalue weighted by Gasteiger charge is -2.09. The molecule has 2 N–H and O–H groups in total. The van der Waals surface area contributed by atoms with E-state index in [0.29, 0.717) is 172 Å². The smallest absolute Gasteiger partial charge is 0.407 e. The molecule has 0 radical (unpaired) electrons. The molecule has 0 bridgehead atoms. The highest BCUT2D eigenvalue weighted by Crippen LogP contribution is 2.01. The molecule has 18 nitrogen and oxygen atoms in total. The molecule has 2 rings (SSSR count). The quantitative estimate of drug-likeness (QED) is 0.0927. The maximum absolute atomic E-state index is 11.7. The van der Waals surface area contributed by atoms with Crippen LogP contribution in [0.2, 0.25) is 0 Å². The number of ether oxygens (including phenoxy) is 14. The Morgan fingerprint density at radius 3 is 0.717 bits per heavy atom. The number of carbonyl (C=O) groups is 2. The topological polar surface area (TPSA) is 187 Å². The summed E-state index contributed by atoms with van der Waals surface area (Å²) in [6.07, 6.45) is -0.948. The van der Waals surface area contributed by atoms with Gasteiger partial charge in [-0.05, 0) is 11.1 Å². The second-order valence-corrected chi connectivity index (χ2v) is 12.3. The van der Waals surface area contributed by atoms with Crippen molar-refractivity contribution in [2.24, 2.45) is 0 Å². The van der Waals surface area contributed by atoms with E-state index in [2.05, 4.69) is 10.6 Å². The molecule has 18 heteroatoms. The Morgan fingerprint density at radius 2 is 0.500 bits per heavy atom. The van der Waals surface area contributed by atoms with E-state index < -0.39 is 12.2 Å². The number of rotatable bonds is 43. The minimum atomic E-state index is -0.474. The van der Waals surface area contributed by atoms with Gasteiger partial charge in [0.2, 0.25) is 0 Å². The van der Waals surface area contributed by atoms with E-state index in [1.807, 2.05) is 60.7 Å². The first-order valence-corrected chi connectivity index (χ1v) is 20.6. The normalized spacial score (nSPS) is 11.1. The van der Waals surface area contributed by atoms with Crippen LogP contribution >= 0.6 is 0 Å². The van der Waals surface area contributed by atoms with Gasteiger partial charge in [0.15, 0.2) is 0 Å². The third-order valence-corrected chi connectivity index (χ3v) is 7.55. The van der Waals surface area contributed by atoms with E-state index in [1.165, 1.54) is 0 Å². The Kier molecular flexibility index (Phi) is 37.0. The minimum Gasteiger partial charge on any atom is -0.445 e. The van der Waals surface area contributed by atoms with Gasteiger partial charge in [-0.15, -0.1) is 0 Å². The highest BCUT2D eigenvalue weighted by atomic mass is 16.6. The molecule has 0 aromatic heterocycles. The lowest BCUT2D eigenvalue weighted by atomic mass is 10.2. The van der Waals surface area contributed by atoms with E-state index in [-0.39, 0.29) is 13.2 Å². The number of alkyl carbamates (subject to hydrolysis) is 2. The van der Waals surface area contributed by atoms with Crippen molar-refractivity contribution in [1.29, 1.82) is 0 Å². The fourth-order valence-corrected chi connectivity index (χ4v) is 4.52. The van der Waals surface area contributed by atoms with Crippen LogP contribution in [-0.2, 0) is 79.5 Å². The first-order chi connectivity index (χ1) is 29.7. The molecule has 0 aliphatic carbocycles. The van der Waals surface area contributed by atoms with Gasteiger partial charge >= 0.3 is 12.2 Å². The molecule has 0 fully saturated rings. The SMILES string of the molecule is O=C(NCCOCCOCCOCCOCCOCCOCCOCCOCCOCCOCCOCCOCCNC(=O)OCc1ccccc1)OCc1ccccc1. The number of benzene rings is 2. The predicted molar refractivity (Wildman–Crippen MR) is 219 cm³/mol. The predicted octanol–water partition coefficient (Wildman–Crippen LogP) is 3.04. The molecule has 0 saturated carbocycles. The fourth-order valence-electron chi connectivity index (χ4n) is 4.52. The van der Waals surface area contributed by atoms with Gasteiger partial charge in [0, 0.05) is 13.1 Å². The fraction of sp³-hybridized carbons (Fsp3) is 0.667. The van der Waals surface area contributed by atoms with Crippen LogP contribution in [-0.4, -0.2) is 184 Å². The van der Waals surface area contributed by atoms with E-state index in [0.717, 1.165) is 11.1 Å². The van der Waals surface area contributed by atoms with Crippen LogP contribution in [0.5, 0.6) is 0 Å². The lowest BCUT2D eigenvalue weighted by molar-refractivity contribution is -0.0283. The summed E-state index contributed by atoms with van der Waals surface area (Å²) in [7, 11) is 0. The first-order valence-electron chi connectivity index (χ1n) is 20.6. The van der Waals surface area contributed by atoms with Crippen molar-refractivity contribution in [3.05, 3.63) is 71.8 Å². The second-order valence-electron chi connectivity index (χ2n) is 12.3. The van der Waals surface area contributed by atoms with Gasteiger partial charge in [0.05, 0.1) is 159 Å². The van der Waals surface area contributed by atoms with Gasteiger partial charge in [-0.2, -0.15) is 0 Å². The maximum atomic E-state index is 11.7. The monoisotopic (exact) mass is 856 g/mol. The second kappa shape index (κ2) is 42.2. The summed E-state index contributed by atoms with van der Waals surface area (Å²) < 4.78 is 75.9. The molecule has 2 amide bonds. The Labute approximate surface area is 354 Å². The summed E-state index contributed by atoms with van der Waals surface area (Å²) in [5.41, 5.74) is 1.87. The van der Waals surface area contributed by atoms with Crippen LogP contribution in [0.15, 0.2) is 60.7 Å². The third-order valence-electron chi connectivity index (χ3n) is 7.55. The molecule has 342 valence electrons. The van der Waals surface area contributed by atoms with Crippen molar-refractivity contribution in [2.45, 2.75) is 13.2 Å². The van der Waals surface area contributed by atoms with Crippen LogP contribution < -0.4 is 10.6 Å². The first kappa shape index (κ1) is 52.6. The molecule has 0 saturated heterocycles. The molecule has 0 atom stereocenters. The van der Waals surface area contributed by atoms with Crippen molar-refractivity contribution in [3.63, 3.8) is 0 Å². The van der Waals surface area contributed by atoms with Crippen LogP contribution in [0.4, 0.5) is 9.59 Å². The van der Waals surface area contributed by atoms with Gasteiger partial charge < -0.3 is 76.9 Å². The van der Waals surface area contributed by atoms with Crippen LogP contribution in [0, 0.1) is 0 Å². The Balaban J connectivity index is 1.13.